The summed E-state index contributed by atoms with van der Waals surface area (Å²) in [4.78, 5) is 32.8. The number of nitrogens with zero attached hydrogens (tertiary/aromatic N) is 2. The lowest BCUT2D eigenvalue weighted by atomic mass is 9.95. The maximum Gasteiger partial charge on any atom is 0.271 e. The molecule has 5 rings (SSSR count). The molecule has 0 radical (unpaired) electrons. The van der Waals surface area contributed by atoms with E-state index in [0.717, 1.165) is 11.1 Å². The Labute approximate surface area is 235 Å². The van der Waals surface area contributed by atoms with Crippen molar-refractivity contribution in [1.29, 1.82) is 0 Å². The summed E-state index contributed by atoms with van der Waals surface area (Å²) < 4.78 is 18.5. The minimum absolute atomic E-state index is 0.240. The standard InChI is InChI=1S/C31H29N3O5S/c1-5-39-25-17-20(11-16-24(25)38-4)18-26-30(36)34-28(21-12-14-23(37-3)15-13-21)27(19(2)32-31(34)40-26)29(35)33-22-9-7-6-8-10-22/h6-18,28H,5H2,1-4H3,(H,33,35)/b26-18+/t28-/m0/s1. The lowest BCUT2D eigenvalue weighted by molar-refractivity contribution is -0.113. The Hall–Kier alpha value is -4.63. The number of rotatable bonds is 8. The van der Waals surface area contributed by atoms with Crippen LogP contribution in [0.5, 0.6) is 17.2 Å². The van der Waals surface area contributed by atoms with Gasteiger partial charge in [0.05, 0.1) is 42.7 Å². The molecule has 0 spiro atoms. The lowest BCUT2D eigenvalue weighted by Crippen LogP contribution is -2.40. The normalized spacial score (nSPS) is 14.8. The van der Waals surface area contributed by atoms with Crippen molar-refractivity contribution in [3.63, 3.8) is 0 Å². The van der Waals surface area contributed by atoms with E-state index in [0.29, 0.717) is 50.1 Å². The molecule has 204 valence electrons. The van der Waals surface area contributed by atoms with E-state index < -0.39 is 6.04 Å². The molecule has 8 nitrogen and oxygen atoms in total. The summed E-state index contributed by atoms with van der Waals surface area (Å²) in [6, 6.07) is 21.4. The predicted molar refractivity (Wildman–Crippen MR) is 156 cm³/mol. The van der Waals surface area contributed by atoms with Crippen molar-refractivity contribution in [2.75, 3.05) is 26.1 Å². The van der Waals surface area contributed by atoms with Gasteiger partial charge in [-0.2, -0.15) is 0 Å². The number of hydrogen-bond acceptors (Lipinski definition) is 7. The summed E-state index contributed by atoms with van der Waals surface area (Å²) in [5.41, 5.74) is 2.91. The summed E-state index contributed by atoms with van der Waals surface area (Å²) in [6.07, 6.45) is 1.81. The van der Waals surface area contributed by atoms with Crippen molar-refractivity contribution in [3.05, 3.63) is 115 Å². The van der Waals surface area contributed by atoms with Crippen molar-refractivity contribution in [1.82, 2.24) is 4.57 Å². The Morgan fingerprint density at radius 2 is 1.77 bits per heavy atom. The van der Waals surface area contributed by atoms with Gasteiger partial charge < -0.3 is 19.5 Å². The average Bonchev–Trinajstić information content (AvgIpc) is 3.27. The van der Waals surface area contributed by atoms with Crippen LogP contribution in [-0.4, -0.2) is 31.3 Å². The van der Waals surface area contributed by atoms with E-state index in [1.165, 1.54) is 11.3 Å². The van der Waals surface area contributed by atoms with E-state index in [1.54, 1.807) is 31.8 Å². The number of ether oxygens (including phenoxy) is 3. The highest BCUT2D eigenvalue weighted by molar-refractivity contribution is 7.07. The van der Waals surface area contributed by atoms with Crippen LogP contribution in [0.1, 0.15) is 31.0 Å². The number of para-hydroxylation sites is 1. The fraction of sp³-hybridized carbons (Fsp3) is 0.194. The van der Waals surface area contributed by atoms with Gasteiger partial charge in [-0.05, 0) is 67.4 Å². The minimum atomic E-state index is -0.678. The second-order valence-electron chi connectivity index (χ2n) is 9.02. The third-order valence-corrected chi connectivity index (χ3v) is 7.50. The number of methoxy groups -OCH3 is 2. The first-order valence-corrected chi connectivity index (χ1v) is 13.6. The number of allylic oxidation sites excluding steroid dienone is 1. The molecule has 4 aromatic rings. The second kappa shape index (κ2) is 11.6. The molecule has 0 aliphatic carbocycles. The highest BCUT2D eigenvalue weighted by Crippen LogP contribution is 2.32. The molecule has 0 unspecified atom stereocenters. The first kappa shape index (κ1) is 27.0. The summed E-state index contributed by atoms with van der Waals surface area (Å²) in [6.45, 7) is 4.18. The van der Waals surface area contributed by atoms with Crippen molar-refractivity contribution in [2.24, 2.45) is 4.99 Å². The topological polar surface area (TPSA) is 91.2 Å². The summed E-state index contributed by atoms with van der Waals surface area (Å²) in [7, 11) is 3.18. The predicted octanol–water partition coefficient (Wildman–Crippen LogP) is 4.29. The molecule has 1 N–H and O–H groups in total. The van der Waals surface area contributed by atoms with Crippen LogP contribution in [0.2, 0.25) is 0 Å². The molecule has 1 amide bonds. The van der Waals surface area contributed by atoms with Gasteiger partial charge in [0, 0.05) is 5.69 Å². The number of benzene rings is 3. The molecule has 0 bridgehead atoms. The maximum atomic E-state index is 13.9. The van der Waals surface area contributed by atoms with Crippen LogP contribution >= 0.6 is 11.3 Å². The van der Waals surface area contributed by atoms with E-state index >= 15 is 0 Å². The largest absolute Gasteiger partial charge is 0.497 e. The van der Waals surface area contributed by atoms with Crippen LogP contribution in [0, 0.1) is 0 Å². The highest BCUT2D eigenvalue weighted by Gasteiger charge is 2.32. The van der Waals surface area contributed by atoms with Gasteiger partial charge in [-0.3, -0.25) is 14.2 Å². The number of anilines is 1. The van der Waals surface area contributed by atoms with Gasteiger partial charge >= 0.3 is 0 Å². The molecule has 0 fully saturated rings. The van der Waals surface area contributed by atoms with Gasteiger partial charge in [0.15, 0.2) is 16.3 Å². The Balaban J connectivity index is 1.65. The molecule has 2 heterocycles. The molecule has 1 aromatic heterocycles. The smallest absolute Gasteiger partial charge is 0.271 e. The van der Waals surface area contributed by atoms with Gasteiger partial charge in [-0.25, -0.2) is 4.99 Å². The van der Waals surface area contributed by atoms with Crippen LogP contribution in [0.3, 0.4) is 0 Å². The number of amides is 1. The van der Waals surface area contributed by atoms with Gasteiger partial charge in [0.25, 0.3) is 11.5 Å². The summed E-state index contributed by atoms with van der Waals surface area (Å²) in [5, 5.41) is 2.96. The van der Waals surface area contributed by atoms with Crippen molar-refractivity contribution in [3.8, 4) is 17.2 Å². The van der Waals surface area contributed by atoms with E-state index in [2.05, 4.69) is 5.32 Å². The van der Waals surface area contributed by atoms with Gasteiger partial charge in [0.2, 0.25) is 0 Å². The summed E-state index contributed by atoms with van der Waals surface area (Å²) >= 11 is 1.28. The number of aromatic nitrogens is 1. The maximum absolute atomic E-state index is 13.9. The average molecular weight is 556 g/mol. The zero-order chi connectivity index (χ0) is 28.2. The Kier molecular flexibility index (Phi) is 7.84. The molecule has 0 saturated heterocycles. The van der Waals surface area contributed by atoms with Crippen LogP contribution in [-0.2, 0) is 4.79 Å². The first-order chi connectivity index (χ1) is 19.4. The third kappa shape index (κ3) is 5.28. The summed E-state index contributed by atoms with van der Waals surface area (Å²) in [5.74, 6) is 1.57. The highest BCUT2D eigenvalue weighted by atomic mass is 32.1. The Morgan fingerprint density at radius 3 is 2.45 bits per heavy atom. The number of thiazole rings is 1. The van der Waals surface area contributed by atoms with Gasteiger partial charge in [-0.15, -0.1) is 0 Å². The number of hydrogen-bond donors (Lipinski definition) is 1. The van der Waals surface area contributed by atoms with Crippen LogP contribution < -0.4 is 34.4 Å². The zero-order valence-corrected chi connectivity index (χ0v) is 23.5. The Bertz CT molecular complexity index is 1760. The van der Waals surface area contributed by atoms with E-state index in [9.17, 15) is 9.59 Å². The molecular weight excluding hydrogens is 526 g/mol. The molecule has 3 aromatic carbocycles. The van der Waals surface area contributed by atoms with Crippen LogP contribution in [0.4, 0.5) is 5.69 Å². The molecule has 9 heteroatoms. The van der Waals surface area contributed by atoms with Gasteiger partial charge in [0.1, 0.15) is 5.75 Å². The first-order valence-electron chi connectivity index (χ1n) is 12.8. The van der Waals surface area contributed by atoms with Crippen molar-refractivity contribution < 1.29 is 19.0 Å². The molecule has 1 atom stereocenters. The van der Waals surface area contributed by atoms with Crippen LogP contribution in [0.15, 0.2) is 93.9 Å². The molecule has 40 heavy (non-hydrogen) atoms. The van der Waals surface area contributed by atoms with E-state index in [1.807, 2.05) is 79.7 Å². The Morgan fingerprint density at radius 1 is 1.02 bits per heavy atom. The number of fused-ring (bicyclic) bond motifs is 1. The van der Waals surface area contributed by atoms with Gasteiger partial charge in [-0.1, -0.05) is 47.7 Å². The molecular formula is C31H29N3O5S. The fourth-order valence-corrected chi connectivity index (χ4v) is 5.68. The van der Waals surface area contributed by atoms with E-state index in [4.69, 9.17) is 19.2 Å². The molecule has 1 aliphatic rings. The number of carbonyl (C=O) groups excluding carboxylic acids is 1. The molecule has 1 aliphatic heterocycles. The van der Waals surface area contributed by atoms with Crippen LogP contribution in [0.25, 0.3) is 6.08 Å². The second-order valence-corrected chi connectivity index (χ2v) is 10.0. The minimum Gasteiger partial charge on any atom is -0.497 e. The number of nitrogens with one attached hydrogen (secondary N) is 1. The lowest BCUT2D eigenvalue weighted by Gasteiger charge is -2.25. The quantitative estimate of drug-likeness (QED) is 0.350. The van der Waals surface area contributed by atoms with E-state index in [-0.39, 0.29) is 11.5 Å². The number of carbonyl (C=O) groups is 1. The fourth-order valence-electron chi connectivity index (χ4n) is 4.64. The SMILES string of the molecule is CCOc1cc(/C=c2/sc3n(c2=O)[C@@H](c2ccc(OC)cc2)C(C(=O)Nc2ccccc2)=C(C)N=3)ccc1OC. The third-order valence-electron chi connectivity index (χ3n) is 6.51. The van der Waals surface area contributed by atoms with Crippen molar-refractivity contribution >= 4 is 29.0 Å². The monoisotopic (exact) mass is 555 g/mol. The van der Waals surface area contributed by atoms with Crippen molar-refractivity contribution in [2.45, 2.75) is 19.9 Å². The molecule has 0 saturated carbocycles. The zero-order valence-electron chi connectivity index (χ0n) is 22.6.